The van der Waals surface area contributed by atoms with Gasteiger partial charge < -0.3 is 16.0 Å². The number of carbonyl (C=O) groups excluding carboxylic acids is 2. The topological polar surface area (TPSA) is 70.2 Å². The molecule has 1 saturated heterocycles. The summed E-state index contributed by atoms with van der Waals surface area (Å²) < 4.78 is 0. The summed E-state index contributed by atoms with van der Waals surface area (Å²) in [6.45, 7) is 6.19. The predicted octanol–water partition coefficient (Wildman–Crippen LogP) is 1.68. The van der Waals surface area contributed by atoms with Crippen molar-refractivity contribution >= 4 is 17.5 Å². The monoisotopic (exact) mass is 289 g/mol. The van der Waals surface area contributed by atoms with Crippen LogP contribution in [0.5, 0.6) is 0 Å². The van der Waals surface area contributed by atoms with E-state index in [1.54, 1.807) is 12.1 Å². The van der Waals surface area contributed by atoms with Crippen LogP contribution < -0.4 is 16.0 Å². The fraction of sp³-hybridized carbons (Fsp3) is 0.500. The molecule has 3 N–H and O–H groups in total. The second-order valence-corrected chi connectivity index (χ2v) is 5.40. The number of hydrogen-bond donors (Lipinski definition) is 3. The highest BCUT2D eigenvalue weighted by molar-refractivity contribution is 5.97. The molecule has 0 atom stereocenters. The number of nitrogens with one attached hydrogen (secondary N) is 3. The minimum atomic E-state index is -0.0863. The standard InChI is InChI=1S/C16H23N3O2/c1-3-18-15(20)13-4-5-14(11(2)10-13)19-16(21)12-6-8-17-9-7-12/h4-5,10,12,17H,3,6-9H2,1-2H3,(H,18,20)(H,19,21). The maximum atomic E-state index is 12.2. The zero-order valence-electron chi connectivity index (χ0n) is 12.7. The molecule has 0 saturated carbocycles. The number of hydrogen-bond acceptors (Lipinski definition) is 3. The second-order valence-electron chi connectivity index (χ2n) is 5.40. The minimum absolute atomic E-state index is 0.0744. The smallest absolute Gasteiger partial charge is 0.251 e. The molecular weight excluding hydrogens is 266 g/mol. The van der Waals surface area contributed by atoms with Crippen molar-refractivity contribution < 1.29 is 9.59 Å². The van der Waals surface area contributed by atoms with Crippen LogP contribution in [0.1, 0.15) is 35.7 Å². The molecule has 0 unspecified atom stereocenters. The summed E-state index contributed by atoms with van der Waals surface area (Å²) in [6, 6.07) is 5.36. The first-order valence-corrected chi connectivity index (χ1v) is 7.52. The Labute approximate surface area is 125 Å². The molecule has 2 rings (SSSR count). The van der Waals surface area contributed by atoms with Crippen molar-refractivity contribution in [2.45, 2.75) is 26.7 Å². The molecule has 1 aliphatic rings. The highest BCUT2D eigenvalue weighted by atomic mass is 16.2. The van der Waals surface area contributed by atoms with E-state index in [4.69, 9.17) is 0 Å². The zero-order valence-corrected chi connectivity index (χ0v) is 12.7. The van der Waals surface area contributed by atoms with E-state index in [0.29, 0.717) is 12.1 Å². The highest BCUT2D eigenvalue weighted by Gasteiger charge is 2.21. The molecular formula is C16H23N3O2. The van der Waals surface area contributed by atoms with Gasteiger partial charge in [0.2, 0.25) is 5.91 Å². The van der Waals surface area contributed by atoms with E-state index in [0.717, 1.165) is 37.2 Å². The summed E-state index contributed by atoms with van der Waals surface area (Å²) in [5.74, 6) is 0.0657. The first kappa shape index (κ1) is 15.5. The lowest BCUT2D eigenvalue weighted by Crippen LogP contribution is -2.34. The Kier molecular flexibility index (Phi) is 5.33. The Morgan fingerprint density at radius 2 is 2.00 bits per heavy atom. The predicted molar refractivity (Wildman–Crippen MR) is 83.4 cm³/mol. The third-order valence-corrected chi connectivity index (χ3v) is 3.79. The first-order chi connectivity index (χ1) is 10.1. The summed E-state index contributed by atoms with van der Waals surface area (Å²) in [5.41, 5.74) is 2.31. The van der Waals surface area contributed by atoms with Gasteiger partial charge in [0.15, 0.2) is 0 Å². The van der Waals surface area contributed by atoms with Crippen LogP contribution in [-0.4, -0.2) is 31.4 Å². The van der Waals surface area contributed by atoms with Gasteiger partial charge in [-0.3, -0.25) is 9.59 Å². The van der Waals surface area contributed by atoms with Crippen molar-refractivity contribution in [3.05, 3.63) is 29.3 Å². The zero-order chi connectivity index (χ0) is 15.2. The molecule has 0 radical (unpaired) electrons. The summed E-state index contributed by atoms with van der Waals surface area (Å²) >= 11 is 0. The number of rotatable bonds is 4. The number of amides is 2. The lowest BCUT2D eigenvalue weighted by Gasteiger charge is -2.22. The lowest BCUT2D eigenvalue weighted by atomic mass is 9.97. The number of carbonyl (C=O) groups is 2. The highest BCUT2D eigenvalue weighted by Crippen LogP contribution is 2.20. The van der Waals surface area contributed by atoms with Gasteiger partial charge in [0.05, 0.1) is 0 Å². The minimum Gasteiger partial charge on any atom is -0.352 e. The van der Waals surface area contributed by atoms with Gasteiger partial charge in [-0.25, -0.2) is 0 Å². The average molecular weight is 289 g/mol. The molecule has 21 heavy (non-hydrogen) atoms. The van der Waals surface area contributed by atoms with Gasteiger partial charge in [-0.15, -0.1) is 0 Å². The van der Waals surface area contributed by atoms with Gasteiger partial charge in [0.1, 0.15) is 0 Å². The van der Waals surface area contributed by atoms with E-state index in [1.807, 2.05) is 19.9 Å². The van der Waals surface area contributed by atoms with E-state index < -0.39 is 0 Å². The quantitative estimate of drug-likeness (QED) is 0.790. The largest absolute Gasteiger partial charge is 0.352 e. The third-order valence-electron chi connectivity index (χ3n) is 3.79. The summed E-state index contributed by atoms with van der Waals surface area (Å²) in [5, 5.41) is 9.00. The van der Waals surface area contributed by atoms with Crippen LogP contribution in [0.3, 0.4) is 0 Å². The average Bonchev–Trinajstić information content (AvgIpc) is 2.50. The molecule has 0 aliphatic carbocycles. The van der Waals surface area contributed by atoms with E-state index in [1.165, 1.54) is 0 Å². The van der Waals surface area contributed by atoms with E-state index >= 15 is 0 Å². The van der Waals surface area contributed by atoms with Crippen LogP contribution >= 0.6 is 0 Å². The lowest BCUT2D eigenvalue weighted by molar-refractivity contribution is -0.120. The SMILES string of the molecule is CCNC(=O)c1ccc(NC(=O)C2CCNCC2)c(C)c1. The van der Waals surface area contributed by atoms with Crippen LogP contribution in [0.25, 0.3) is 0 Å². The van der Waals surface area contributed by atoms with Crippen LogP contribution in [0.4, 0.5) is 5.69 Å². The number of anilines is 1. The first-order valence-electron chi connectivity index (χ1n) is 7.52. The molecule has 1 aliphatic heterocycles. The van der Waals surface area contributed by atoms with E-state index in [2.05, 4.69) is 16.0 Å². The molecule has 0 aromatic heterocycles. The number of benzene rings is 1. The van der Waals surface area contributed by atoms with Crippen LogP contribution in [-0.2, 0) is 4.79 Å². The van der Waals surface area contributed by atoms with Crippen molar-refractivity contribution in [1.29, 1.82) is 0 Å². The molecule has 5 heteroatoms. The maximum absolute atomic E-state index is 12.2. The summed E-state index contributed by atoms with van der Waals surface area (Å²) in [6.07, 6.45) is 1.75. The van der Waals surface area contributed by atoms with Gasteiger partial charge in [-0.1, -0.05) is 0 Å². The number of aryl methyl sites for hydroxylation is 1. The Bertz CT molecular complexity index is 522. The summed E-state index contributed by atoms with van der Waals surface area (Å²) in [7, 11) is 0. The fourth-order valence-electron chi connectivity index (χ4n) is 2.53. The van der Waals surface area contributed by atoms with Crippen molar-refractivity contribution in [2.75, 3.05) is 25.0 Å². The molecule has 1 heterocycles. The van der Waals surface area contributed by atoms with Crippen LogP contribution in [0.15, 0.2) is 18.2 Å². The summed E-state index contributed by atoms with van der Waals surface area (Å²) in [4.78, 5) is 24.0. The van der Waals surface area contributed by atoms with Gasteiger partial charge in [0.25, 0.3) is 5.91 Å². The third kappa shape index (κ3) is 4.04. The van der Waals surface area contributed by atoms with Crippen molar-refractivity contribution in [3.63, 3.8) is 0 Å². The van der Waals surface area contributed by atoms with Crippen LogP contribution in [0.2, 0.25) is 0 Å². The Morgan fingerprint density at radius 1 is 1.29 bits per heavy atom. The molecule has 0 spiro atoms. The molecule has 5 nitrogen and oxygen atoms in total. The van der Waals surface area contributed by atoms with Crippen LogP contribution in [0, 0.1) is 12.8 Å². The maximum Gasteiger partial charge on any atom is 0.251 e. The van der Waals surface area contributed by atoms with Crippen molar-refractivity contribution in [3.8, 4) is 0 Å². The molecule has 2 amide bonds. The van der Waals surface area contributed by atoms with E-state index in [-0.39, 0.29) is 17.7 Å². The van der Waals surface area contributed by atoms with Gasteiger partial charge in [-0.05, 0) is 63.5 Å². The second kappa shape index (κ2) is 7.22. The van der Waals surface area contributed by atoms with Gasteiger partial charge in [-0.2, -0.15) is 0 Å². The molecule has 1 aromatic carbocycles. The van der Waals surface area contributed by atoms with E-state index in [9.17, 15) is 9.59 Å². The van der Waals surface area contributed by atoms with Gasteiger partial charge in [0, 0.05) is 23.7 Å². The van der Waals surface area contributed by atoms with Crippen molar-refractivity contribution in [1.82, 2.24) is 10.6 Å². The van der Waals surface area contributed by atoms with Crippen molar-refractivity contribution in [2.24, 2.45) is 5.92 Å². The molecule has 1 aromatic rings. The molecule has 1 fully saturated rings. The molecule has 0 bridgehead atoms. The Balaban J connectivity index is 2.03. The normalized spacial score (nSPS) is 15.5. The fourth-order valence-corrected chi connectivity index (χ4v) is 2.53. The van der Waals surface area contributed by atoms with Gasteiger partial charge >= 0.3 is 0 Å². The Hall–Kier alpha value is -1.88. The molecule has 114 valence electrons. The number of piperidine rings is 1. The Morgan fingerprint density at radius 3 is 2.62 bits per heavy atom.